The first-order valence-corrected chi connectivity index (χ1v) is 4.08. The van der Waals surface area contributed by atoms with Crippen molar-refractivity contribution < 1.29 is 4.79 Å². The molecule has 1 saturated heterocycles. The van der Waals surface area contributed by atoms with Crippen molar-refractivity contribution in [2.45, 2.75) is 31.8 Å². The van der Waals surface area contributed by atoms with Crippen LogP contribution in [0.1, 0.15) is 19.8 Å². The predicted octanol–water partition coefficient (Wildman–Crippen LogP) is 0.215. The number of carbonyl (C=O) groups excluding carboxylic acids is 1. The van der Waals surface area contributed by atoms with Gasteiger partial charge in [0.05, 0.1) is 6.04 Å². The van der Waals surface area contributed by atoms with Gasteiger partial charge in [0.1, 0.15) is 0 Å². The van der Waals surface area contributed by atoms with Crippen LogP contribution < -0.4 is 5.32 Å². The van der Waals surface area contributed by atoms with Crippen LogP contribution in [-0.4, -0.2) is 37.0 Å². The maximum Gasteiger partial charge on any atom is 0.239 e. The van der Waals surface area contributed by atoms with E-state index >= 15 is 0 Å². The number of hydrogen-bond acceptors (Lipinski definition) is 2. The third-order valence-corrected chi connectivity index (χ3v) is 2.11. The largest absolute Gasteiger partial charge is 0.347 e. The minimum atomic E-state index is 0.0694. The maximum atomic E-state index is 11.4. The molecule has 1 aliphatic heterocycles. The van der Waals surface area contributed by atoms with E-state index in [0.29, 0.717) is 6.04 Å². The van der Waals surface area contributed by atoms with Crippen LogP contribution in [0.5, 0.6) is 0 Å². The van der Waals surface area contributed by atoms with Gasteiger partial charge in [-0.1, -0.05) is 0 Å². The van der Waals surface area contributed by atoms with Crippen LogP contribution in [0.25, 0.3) is 0 Å². The van der Waals surface area contributed by atoms with E-state index in [0.717, 1.165) is 12.8 Å². The highest BCUT2D eigenvalue weighted by atomic mass is 16.2. The summed E-state index contributed by atoms with van der Waals surface area (Å²) in [7, 11) is 3.60. The molecule has 0 aromatic carbocycles. The highest BCUT2D eigenvalue weighted by Crippen LogP contribution is 2.12. The fraction of sp³-hybridized carbons (Fsp3) is 0.875. The molecule has 1 unspecified atom stereocenters. The Morgan fingerprint density at radius 1 is 1.45 bits per heavy atom. The van der Waals surface area contributed by atoms with Crippen LogP contribution in [0, 0.1) is 0 Å². The number of nitrogens with one attached hydrogen (secondary N) is 1. The van der Waals surface area contributed by atoms with E-state index in [1.807, 2.05) is 0 Å². The van der Waals surface area contributed by atoms with Crippen molar-refractivity contribution in [1.29, 1.82) is 0 Å². The van der Waals surface area contributed by atoms with Gasteiger partial charge in [-0.2, -0.15) is 0 Å². The fourth-order valence-electron chi connectivity index (χ4n) is 1.43. The number of hydrogen-bond donors (Lipinski definition) is 1. The van der Waals surface area contributed by atoms with E-state index < -0.39 is 0 Å². The Balaban J connectivity index is 2.43. The minimum absolute atomic E-state index is 0.0694. The van der Waals surface area contributed by atoms with Gasteiger partial charge in [0.25, 0.3) is 0 Å². The Hall–Kier alpha value is -0.570. The van der Waals surface area contributed by atoms with Crippen LogP contribution >= 0.6 is 0 Å². The Morgan fingerprint density at radius 3 is 2.45 bits per heavy atom. The van der Waals surface area contributed by atoms with Crippen molar-refractivity contribution in [3.8, 4) is 0 Å². The quantitative estimate of drug-likeness (QED) is 0.589. The summed E-state index contributed by atoms with van der Waals surface area (Å²) in [6, 6.07) is 0.573. The normalized spacial score (nSPS) is 30.5. The summed E-state index contributed by atoms with van der Waals surface area (Å²) in [4.78, 5) is 13.0. The zero-order valence-electron chi connectivity index (χ0n) is 7.42. The Kier molecular flexibility index (Phi) is 2.49. The molecule has 0 bridgehead atoms. The summed E-state index contributed by atoms with van der Waals surface area (Å²) in [5.41, 5.74) is 0. The first-order chi connectivity index (χ1) is 5.11. The molecule has 1 fully saturated rings. The predicted molar refractivity (Wildman–Crippen MR) is 44.3 cm³/mol. The SMILES string of the molecule is CC1CC[C@@H](C(=O)N(C)C)N1. The number of rotatable bonds is 1. The molecule has 1 rings (SSSR count). The first kappa shape index (κ1) is 8.53. The van der Waals surface area contributed by atoms with E-state index in [9.17, 15) is 4.79 Å². The van der Waals surface area contributed by atoms with Crippen molar-refractivity contribution in [3.05, 3.63) is 0 Å². The smallest absolute Gasteiger partial charge is 0.239 e. The molecule has 64 valence electrons. The highest BCUT2D eigenvalue weighted by molar-refractivity contribution is 5.81. The third kappa shape index (κ3) is 1.93. The molecule has 0 spiro atoms. The third-order valence-electron chi connectivity index (χ3n) is 2.11. The van der Waals surface area contributed by atoms with Crippen LogP contribution in [0.2, 0.25) is 0 Å². The molecule has 2 atom stereocenters. The van der Waals surface area contributed by atoms with Gasteiger partial charge in [-0.3, -0.25) is 4.79 Å². The van der Waals surface area contributed by atoms with E-state index in [4.69, 9.17) is 0 Å². The number of amides is 1. The van der Waals surface area contributed by atoms with E-state index in [1.165, 1.54) is 0 Å². The molecule has 0 aromatic rings. The van der Waals surface area contributed by atoms with E-state index in [2.05, 4.69) is 12.2 Å². The molecule has 1 amide bonds. The topological polar surface area (TPSA) is 32.3 Å². The molecule has 0 saturated carbocycles. The van der Waals surface area contributed by atoms with Gasteiger partial charge in [0, 0.05) is 20.1 Å². The van der Waals surface area contributed by atoms with Crippen molar-refractivity contribution in [2.75, 3.05) is 14.1 Å². The summed E-state index contributed by atoms with van der Waals surface area (Å²) < 4.78 is 0. The second-order valence-corrected chi connectivity index (χ2v) is 3.43. The summed E-state index contributed by atoms with van der Waals surface area (Å²) in [5, 5.41) is 3.24. The molecule has 3 heteroatoms. The lowest BCUT2D eigenvalue weighted by molar-refractivity contribution is -0.130. The van der Waals surface area contributed by atoms with Crippen molar-refractivity contribution in [2.24, 2.45) is 0 Å². The highest BCUT2D eigenvalue weighted by Gasteiger charge is 2.27. The lowest BCUT2D eigenvalue weighted by Gasteiger charge is -2.16. The second-order valence-electron chi connectivity index (χ2n) is 3.43. The van der Waals surface area contributed by atoms with Crippen molar-refractivity contribution in [1.82, 2.24) is 10.2 Å². The summed E-state index contributed by atoms with van der Waals surface area (Å²) in [5.74, 6) is 0.203. The zero-order chi connectivity index (χ0) is 8.43. The lowest BCUT2D eigenvalue weighted by atomic mass is 10.2. The summed E-state index contributed by atoms with van der Waals surface area (Å²) in [6.07, 6.45) is 2.10. The second kappa shape index (κ2) is 3.22. The molecule has 0 radical (unpaired) electrons. The van der Waals surface area contributed by atoms with Crippen LogP contribution in [0.15, 0.2) is 0 Å². The Bertz CT molecular complexity index is 156. The van der Waals surface area contributed by atoms with Crippen molar-refractivity contribution in [3.63, 3.8) is 0 Å². The molecular formula is C8H16N2O. The Labute approximate surface area is 67.8 Å². The number of nitrogens with zero attached hydrogens (tertiary/aromatic N) is 1. The maximum absolute atomic E-state index is 11.4. The zero-order valence-corrected chi connectivity index (χ0v) is 7.42. The average Bonchev–Trinajstić information content (AvgIpc) is 2.34. The fourth-order valence-corrected chi connectivity index (χ4v) is 1.43. The number of likely N-dealkylation sites (N-methyl/N-ethyl adjacent to an activating group) is 1. The monoisotopic (exact) mass is 156 g/mol. The molecule has 11 heavy (non-hydrogen) atoms. The standard InChI is InChI=1S/C8H16N2O/c1-6-4-5-7(9-6)8(11)10(2)3/h6-7,9H,4-5H2,1-3H3/t6?,7-/m0/s1. The molecule has 1 heterocycles. The van der Waals surface area contributed by atoms with Crippen LogP contribution in [-0.2, 0) is 4.79 Å². The van der Waals surface area contributed by atoms with Gasteiger partial charge in [0.2, 0.25) is 5.91 Å². The summed E-state index contributed by atoms with van der Waals surface area (Å²) in [6.45, 7) is 2.11. The van der Waals surface area contributed by atoms with Gasteiger partial charge in [-0.25, -0.2) is 0 Å². The lowest BCUT2D eigenvalue weighted by Crippen LogP contribution is -2.41. The molecule has 3 nitrogen and oxygen atoms in total. The van der Waals surface area contributed by atoms with E-state index in [1.54, 1.807) is 19.0 Å². The summed E-state index contributed by atoms with van der Waals surface area (Å²) >= 11 is 0. The van der Waals surface area contributed by atoms with Crippen molar-refractivity contribution >= 4 is 5.91 Å². The van der Waals surface area contributed by atoms with Gasteiger partial charge in [0.15, 0.2) is 0 Å². The van der Waals surface area contributed by atoms with Gasteiger partial charge >= 0.3 is 0 Å². The Morgan fingerprint density at radius 2 is 2.09 bits per heavy atom. The number of carbonyl (C=O) groups is 1. The van der Waals surface area contributed by atoms with Gasteiger partial charge in [-0.15, -0.1) is 0 Å². The molecule has 1 aliphatic rings. The minimum Gasteiger partial charge on any atom is -0.347 e. The van der Waals surface area contributed by atoms with E-state index in [-0.39, 0.29) is 11.9 Å². The molecule has 0 aliphatic carbocycles. The van der Waals surface area contributed by atoms with Gasteiger partial charge in [-0.05, 0) is 19.8 Å². The van der Waals surface area contributed by atoms with Crippen LogP contribution in [0.4, 0.5) is 0 Å². The first-order valence-electron chi connectivity index (χ1n) is 4.08. The molecule has 0 aromatic heterocycles. The molecule has 1 N–H and O–H groups in total. The molecular weight excluding hydrogens is 140 g/mol. The average molecular weight is 156 g/mol. The van der Waals surface area contributed by atoms with Gasteiger partial charge < -0.3 is 10.2 Å². The van der Waals surface area contributed by atoms with Crippen LogP contribution in [0.3, 0.4) is 0 Å².